The molecular formula is C17H18O2. The van der Waals surface area contributed by atoms with Gasteiger partial charge in [0.05, 0.1) is 5.92 Å². The first kappa shape index (κ1) is 12.2. The van der Waals surface area contributed by atoms with Crippen LogP contribution in [-0.4, -0.2) is 5.97 Å². The largest absolute Gasteiger partial charge is 0.426 e. The first-order valence-corrected chi connectivity index (χ1v) is 7.03. The van der Waals surface area contributed by atoms with Gasteiger partial charge in [-0.25, -0.2) is 0 Å². The number of rotatable bonds is 2. The smallest absolute Gasteiger partial charge is 0.314 e. The molecule has 1 fully saturated rings. The van der Waals surface area contributed by atoms with E-state index in [9.17, 15) is 4.79 Å². The summed E-state index contributed by atoms with van der Waals surface area (Å²) in [5.41, 5.74) is 0. The van der Waals surface area contributed by atoms with E-state index in [-0.39, 0.29) is 11.9 Å². The molecule has 0 unspecified atom stereocenters. The molecule has 0 amide bonds. The Bertz CT molecular complexity index is 583. The number of benzene rings is 2. The lowest BCUT2D eigenvalue weighted by Gasteiger charge is -2.19. The average Bonchev–Trinajstić information content (AvgIpc) is 2.48. The Kier molecular flexibility index (Phi) is 3.49. The van der Waals surface area contributed by atoms with Gasteiger partial charge in [-0.2, -0.15) is 0 Å². The van der Waals surface area contributed by atoms with Crippen LogP contribution in [0.25, 0.3) is 10.8 Å². The molecule has 19 heavy (non-hydrogen) atoms. The number of esters is 1. The van der Waals surface area contributed by atoms with Gasteiger partial charge in [0, 0.05) is 0 Å². The van der Waals surface area contributed by atoms with Crippen LogP contribution in [0.15, 0.2) is 42.5 Å². The van der Waals surface area contributed by atoms with Gasteiger partial charge < -0.3 is 4.74 Å². The third-order valence-electron chi connectivity index (χ3n) is 3.88. The number of hydrogen-bond donors (Lipinski definition) is 0. The minimum atomic E-state index is -0.0602. The van der Waals surface area contributed by atoms with Crippen LogP contribution >= 0.6 is 0 Å². The molecule has 0 heterocycles. The first-order chi connectivity index (χ1) is 9.33. The number of carbonyl (C=O) groups is 1. The summed E-state index contributed by atoms with van der Waals surface area (Å²) in [6.45, 7) is 0. The van der Waals surface area contributed by atoms with Crippen molar-refractivity contribution in [3.8, 4) is 5.75 Å². The molecule has 1 saturated carbocycles. The maximum atomic E-state index is 12.1. The van der Waals surface area contributed by atoms with Crippen molar-refractivity contribution in [2.75, 3.05) is 0 Å². The van der Waals surface area contributed by atoms with Gasteiger partial charge in [-0.05, 0) is 35.7 Å². The minimum Gasteiger partial charge on any atom is -0.426 e. The number of carbonyl (C=O) groups excluding carboxylic acids is 1. The maximum Gasteiger partial charge on any atom is 0.314 e. The van der Waals surface area contributed by atoms with Crippen molar-refractivity contribution >= 4 is 16.7 Å². The predicted octanol–water partition coefficient (Wildman–Crippen LogP) is 4.33. The molecular weight excluding hydrogens is 236 g/mol. The fourth-order valence-corrected chi connectivity index (χ4v) is 2.77. The van der Waals surface area contributed by atoms with Gasteiger partial charge in [-0.1, -0.05) is 49.6 Å². The van der Waals surface area contributed by atoms with E-state index in [1.807, 2.05) is 36.4 Å². The molecule has 3 rings (SSSR count). The topological polar surface area (TPSA) is 26.3 Å². The second-order valence-electron chi connectivity index (χ2n) is 5.26. The lowest BCUT2D eigenvalue weighted by molar-refractivity contribution is -0.139. The van der Waals surface area contributed by atoms with Crippen LogP contribution < -0.4 is 4.74 Å². The second-order valence-corrected chi connectivity index (χ2v) is 5.26. The lowest BCUT2D eigenvalue weighted by atomic mass is 9.89. The van der Waals surface area contributed by atoms with Crippen LogP contribution in [0.4, 0.5) is 0 Å². The van der Waals surface area contributed by atoms with Gasteiger partial charge in [0.2, 0.25) is 0 Å². The van der Waals surface area contributed by atoms with E-state index >= 15 is 0 Å². The summed E-state index contributed by atoms with van der Waals surface area (Å²) >= 11 is 0. The Hall–Kier alpha value is -1.83. The van der Waals surface area contributed by atoms with Crippen molar-refractivity contribution < 1.29 is 9.53 Å². The molecule has 0 saturated heterocycles. The molecule has 0 aromatic heterocycles. The van der Waals surface area contributed by atoms with Gasteiger partial charge in [0.1, 0.15) is 5.75 Å². The van der Waals surface area contributed by atoms with Crippen molar-refractivity contribution in [3.63, 3.8) is 0 Å². The molecule has 2 heteroatoms. The van der Waals surface area contributed by atoms with Crippen LogP contribution in [-0.2, 0) is 4.79 Å². The molecule has 0 radical (unpaired) electrons. The summed E-state index contributed by atoms with van der Waals surface area (Å²) < 4.78 is 5.52. The monoisotopic (exact) mass is 254 g/mol. The van der Waals surface area contributed by atoms with E-state index in [4.69, 9.17) is 4.74 Å². The molecule has 2 nitrogen and oxygen atoms in total. The van der Waals surface area contributed by atoms with Gasteiger partial charge in [0.25, 0.3) is 0 Å². The molecule has 98 valence electrons. The highest BCUT2D eigenvalue weighted by Crippen LogP contribution is 2.26. The Morgan fingerprint density at radius 1 is 0.947 bits per heavy atom. The maximum absolute atomic E-state index is 12.1. The van der Waals surface area contributed by atoms with E-state index in [1.165, 1.54) is 11.8 Å². The predicted molar refractivity (Wildman–Crippen MR) is 76.2 cm³/mol. The molecule has 0 atom stereocenters. The van der Waals surface area contributed by atoms with Gasteiger partial charge in [-0.3, -0.25) is 4.79 Å². The highest BCUT2D eigenvalue weighted by atomic mass is 16.5. The van der Waals surface area contributed by atoms with Crippen LogP contribution in [0.3, 0.4) is 0 Å². The number of fused-ring (bicyclic) bond motifs is 1. The Balaban J connectivity index is 1.75. The summed E-state index contributed by atoms with van der Waals surface area (Å²) in [6, 6.07) is 13.9. The second kappa shape index (κ2) is 5.43. The first-order valence-electron chi connectivity index (χ1n) is 7.03. The summed E-state index contributed by atoms with van der Waals surface area (Å²) in [4.78, 5) is 12.1. The molecule has 1 aliphatic rings. The van der Waals surface area contributed by atoms with Crippen LogP contribution in [0.1, 0.15) is 32.1 Å². The van der Waals surface area contributed by atoms with Gasteiger partial charge >= 0.3 is 5.97 Å². The quantitative estimate of drug-likeness (QED) is 0.589. The van der Waals surface area contributed by atoms with E-state index in [0.717, 1.165) is 31.1 Å². The van der Waals surface area contributed by atoms with Crippen molar-refractivity contribution in [1.82, 2.24) is 0 Å². The zero-order valence-corrected chi connectivity index (χ0v) is 11.0. The Morgan fingerprint density at radius 2 is 1.68 bits per heavy atom. The molecule has 1 aliphatic carbocycles. The van der Waals surface area contributed by atoms with E-state index < -0.39 is 0 Å². The SMILES string of the molecule is O=C(Oc1ccc2ccccc2c1)C1CCCCC1. The summed E-state index contributed by atoms with van der Waals surface area (Å²) in [6.07, 6.45) is 5.51. The highest BCUT2D eigenvalue weighted by molar-refractivity contribution is 5.85. The van der Waals surface area contributed by atoms with Gasteiger partial charge in [0.15, 0.2) is 0 Å². The number of hydrogen-bond acceptors (Lipinski definition) is 2. The van der Waals surface area contributed by atoms with Gasteiger partial charge in [-0.15, -0.1) is 0 Å². The van der Waals surface area contributed by atoms with Crippen molar-refractivity contribution in [2.45, 2.75) is 32.1 Å². The molecule has 0 spiro atoms. The zero-order chi connectivity index (χ0) is 13.1. The van der Waals surface area contributed by atoms with Crippen LogP contribution in [0.2, 0.25) is 0 Å². The standard InChI is InChI=1S/C17H18O2/c18-17(14-7-2-1-3-8-14)19-16-11-10-13-6-4-5-9-15(13)12-16/h4-6,9-12,14H,1-3,7-8H2. The molecule has 0 aliphatic heterocycles. The van der Waals surface area contributed by atoms with Crippen molar-refractivity contribution in [1.29, 1.82) is 0 Å². The van der Waals surface area contributed by atoms with E-state index in [0.29, 0.717) is 5.75 Å². The molecule has 0 N–H and O–H groups in total. The lowest BCUT2D eigenvalue weighted by Crippen LogP contribution is -2.22. The fourth-order valence-electron chi connectivity index (χ4n) is 2.77. The van der Waals surface area contributed by atoms with Crippen LogP contribution in [0, 0.1) is 5.92 Å². The third-order valence-corrected chi connectivity index (χ3v) is 3.88. The summed E-state index contributed by atoms with van der Waals surface area (Å²) in [5.74, 6) is 0.699. The normalized spacial score (nSPS) is 16.4. The summed E-state index contributed by atoms with van der Waals surface area (Å²) in [7, 11) is 0. The molecule has 0 bridgehead atoms. The van der Waals surface area contributed by atoms with E-state index in [1.54, 1.807) is 0 Å². The average molecular weight is 254 g/mol. The zero-order valence-electron chi connectivity index (χ0n) is 11.0. The Labute approximate surface area is 113 Å². The van der Waals surface area contributed by atoms with Crippen LogP contribution in [0.5, 0.6) is 5.75 Å². The summed E-state index contributed by atoms with van der Waals surface area (Å²) in [5, 5.41) is 2.27. The third kappa shape index (κ3) is 2.78. The van der Waals surface area contributed by atoms with E-state index in [2.05, 4.69) is 6.07 Å². The molecule has 2 aromatic rings. The Morgan fingerprint density at radius 3 is 2.47 bits per heavy atom. The van der Waals surface area contributed by atoms with Crippen molar-refractivity contribution in [3.05, 3.63) is 42.5 Å². The minimum absolute atomic E-state index is 0.0602. The fraction of sp³-hybridized carbons (Fsp3) is 0.353. The molecule has 2 aromatic carbocycles. The number of ether oxygens (including phenoxy) is 1. The highest BCUT2D eigenvalue weighted by Gasteiger charge is 2.22. The van der Waals surface area contributed by atoms with Crippen molar-refractivity contribution in [2.24, 2.45) is 5.92 Å².